The summed E-state index contributed by atoms with van der Waals surface area (Å²) in [5.41, 5.74) is 0.981. The van der Waals surface area contributed by atoms with Crippen LogP contribution in [0, 0.1) is 11.1 Å². The highest BCUT2D eigenvalue weighted by Gasteiger charge is 2.17. The summed E-state index contributed by atoms with van der Waals surface area (Å²) in [6.07, 6.45) is 0. The molecular formula is C5H10N2O. The minimum Gasteiger partial charge on any atom is -0.606 e. The third kappa shape index (κ3) is 0.877. The molecule has 2 atom stereocenters. The Morgan fingerprint density at radius 3 is 2.62 bits per heavy atom. The summed E-state index contributed by atoms with van der Waals surface area (Å²) in [4.78, 5) is 0. The molecule has 0 saturated heterocycles. The lowest BCUT2D eigenvalue weighted by molar-refractivity contribution is -0.850. The maximum Gasteiger partial charge on any atom is 0.109 e. The number of nitrogens with one attached hydrogen (secondary N) is 1. The average Bonchev–Trinajstić information content (AvgIpc) is 1.85. The van der Waals surface area contributed by atoms with Crippen LogP contribution in [-0.2, 0) is 0 Å². The Hall–Kier alpha value is -0.410. The lowest BCUT2D eigenvalue weighted by Crippen LogP contribution is -3.01. The van der Waals surface area contributed by atoms with Crippen molar-refractivity contribution < 1.29 is 5.17 Å². The van der Waals surface area contributed by atoms with Crippen LogP contribution in [0.15, 0.2) is 5.10 Å². The van der Waals surface area contributed by atoms with E-state index in [9.17, 15) is 5.21 Å². The number of rotatable bonds is 0. The van der Waals surface area contributed by atoms with Crippen molar-refractivity contribution in [3.63, 3.8) is 0 Å². The normalized spacial score (nSPS) is 37.6. The van der Waals surface area contributed by atoms with Crippen molar-refractivity contribution in [2.24, 2.45) is 11.0 Å². The van der Waals surface area contributed by atoms with E-state index in [1.807, 2.05) is 13.8 Å². The molecule has 1 rings (SSSR count). The van der Waals surface area contributed by atoms with E-state index in [0.29, 0.717) is 12.5 Å². The molecule has 0 bridgehead atoms. The zero-order valence-electron chi connectivity index (χ0n) is 5.14. The van der Waals surface area contributed by atoms with Gasteiger partial charge in [0.2, 0.25) is 0 Å². The second-order valence-electron chi connectivity index (χ2n) is 2.25. The molecule has 3 nitrogen and oxygen atoms in total. The van der Waals surface area contributed by atoms with Gasteiger partial charge in [-0.05, 0) is 6.92 Å². The van der Waals surface area contributed by atoms with E-state index < -0.39 is 0 Å². The molecule has 0 aliphatic carbocycles. The first-order valence-corrected chi connectivity index (χ1v) is 2.78. The van der Waals surface area contributed by atoms with E-state index in [0.717, 1.165) is 5.71 Å². The van der Waals surface area contributed by atoms with E-state index in [1.165, 1.54) is 0 Å². The first kappa shape index (κ1) is 5.72. The Morgan fingerprint density at radius 1 is 1.88 bits per heavy atom. The smallest absolute Gasteiger partial charge is 0.109 e. The molecule has 3 heteroatoms. The van der Waals surface area contributed by atoms with Gasteiger partial charge in [-0.1, -0.05) is 12.0 Å². The second-order valence-corrected chi connectivity index (χ2v) is 2.25. The Bertz CT molecular complexity index is 122. The maximum atomic E-state index is 10.5. The Labute approximate surface area is 48.6 Å². The molecule has 46 valence electrons. The fraction of sp³-hybridized carbons (Fsp3) is 0.800. The third-order valence-corrected chi connectivity index (χ3v) is 1.50. The molecule has 1 aliphatic rings. The van der Waals surface area contributed by atoms with Gasteiger partial charge in [0, 0.05) is 0 Å². The maximum absolute atomic E-state index is 10.5. The molecule has 0 fully saturated rings. The largest absolute Gasteiger partial charge is 0.606 e. The van der Waals surface area contributed by atoms with E-state index >= 15 is 0 Å². The highest BCUT2D eigenvalue weighted by atomic mass is 16.5. The summed E-state index contributed by atoms with van der Waals surface area (Å²) in [5, 5.41) is 14.3. The van der Waals surface area contributed by atoms with Crippen LogP contribution in [0.3, 0.4) is 0 Å². The van der Waals surface area contributed by atoms with Gasteiger partial charge in [0.15, 0.2) is 0 Å². The molecular weight excluding hydrogens is 104 g/mol. The summed E-state index contributed by atoms with van der Waals surface area (Å²) in [7, 11) is 0. The number of hydroxylamine groups is 1. The van der Waals surface area contributed by atoms with E-state index in [-0.39, 0.29) is 5.17 Å². The number of nitrogens with zero attached hydrogens (tertiary/aromatic N) is 1. The van der Waals surface area contributed by atoms with Gasteiger partial charge in [-0.3, -0.25) is 0 Å². The fourth-order valence-electron chi connectivity index (χ4n) is 0.762. The first-order valence-electron chi connectivity index (χ1n) is 2.78. The summed E-state index contributed by atoms with van der Waals surface area (Å²) in [5.74, 6) is 0.391. The summed E-state index contributed by atoms with van der Waals surface area (Å²) in [6.45, 7) is 4.53. The van der Waals surface area contributed by atoms with Crippen molar-refractivity contribution in [2.75, 3.05) is 6.54 Å². The van der Waals surface area contributed by atoms with Crippen LogP contribution in [0.4, 0.5) is 0 Å². The predicted molar refractivity (Wildman–Crippen MR) is 31.5 cm³/mol. The zero-order chi connectivity index (χ0) is 6.15. The topological polar surface area (TPSA) is 39.9 Å². The summed E-state index contributed by atoms with van der Waals surface area (Å²) < 4.78 is 0. The summed E-state index contributed by atoms with van der Waals surface area (Å²) in [6, 6.07) is 0. The number of quaternary nitrogens is 1. The second kappa shape index (κ2) is 1.84. The van der Waals surface area contributed by atoms with Gasteiger partial charge in [-0.25, -0.2) is 5.17 Å². The van der Waals surface area contributed by atoms with Crippen LogP contribution in [-0.4, -0.2) is 12.3 Å². The standard InChI is InChI=1S/C5H10N2O/c1-4-3-7(8)6-5(4)2/h4,7H,3H2,1-2H3. The van der Waals surface area contributed by atoms with Gasteiger partial charge in [-0.15, -0.1) is 0 Å². The Morgan fingerprint density at radius 2 is 2.50 bits per heavy atom. The molecule has 0 aromatic rings. The van der Waals surface area contributed by atoms with E-state index in [4.69, 9.17) is 0 Å². The minimum atomic E-state index is 0.0370. The lowest BCUT2D eigenvalue weighted by atomic mass is 10.1. The van der Waals surface area contributed by atoms with Crippen LogP contribution < -0.4 is 5.17 Å². The SMILES string of the molecule is CC1=N[NH+]([O-])CC1C. The molecule has 8 heavy (non-hydrogen) atoms. The molecule has 0 saturated carbocycles. The van der Waals surface area contributed by atoms with Crippen molar-refractivity contribution >= 4 is 5.71 Å². The average molecular weight is 114 g/mol. The van der Waals surface area contributed by atoms with Crippen LogP contribution in [0.1, 0.15) is 13.8 Å². The third-order valence-electron chi connectivity index (χ3n) is 1.50. The van der Waals surface area contributed by atoms with Gasteiger partial charge in [-0.2, -0.15) is 0 Å². The van der Waals surface area contributed by atoms with Crippen LogP contribution in [0.5, 0.6) is 0 Å². The number of hydrogen-bond acceptors (Lipinski definition) is 2. The molecule has 1 heterocycles. The van der Waals surface area contributed by atoms with Crippen LogP contribution in [0.25, 0.3) is 0 Å². The van der Waals surface area contributed by atoms with Crippen molar-refractivity contribution in [3.05, 3.63) is 5.21 Å². The first-order chi connectivity index (χ1) is 3.70. The van der Waals surface area contributed by atoms with Crippen LogP contribution in [0.2, 0.25) is 0 Å². The molecule has 1 N–H and O–H groups in total. The molecule has 2 unspecified atom stereocenters. The molecule has 0 aromatic heterocycles. The van der Waals surface area contributed by atoms with Crippen molar-refractivity contribution in [1.82, 2.24) is 0 Å². The van der Waals surface area contributed by atoms with Crippen LogP contribution >= 0.6 is 0 Å². The lowest BCUT2D eigenvalue weighted by Gasteiger charge is -2.07. The van der Waals surface area contributed by atoms with Gasteiger partial charge in [0.1, 0.15) is 6.54 Å². The Kier molecular flexibility index (Phi) is 1.31. The molecule has 0 aromatic carbocycles. The molecule has 0 amide bonds. The van der Waals surface area contributed by atoms with E-state index in [2.05, 4.69) is 5.10 Å². The fourth-order valence-corrected chi connectivity index (χ4v) is 0.762. The highest BCUT2D eigenvalue weighted by Crippen LogP contribution is 1.97. The van der Waals surface area contributed by atoms with Crippen molar-refractivity contribution in [1.29, 1.82) is 0 Å². The molecule has 1 aliphatic heterocycles. The Balaban J connectivity index is 2.59. The van der Waals surface area contributed by atoms with Gasteiger partial charge in [0.25, 0.3) is 0 Å². The minimum absolute atomic E-state index is 0.0370. The number of hydrogen-bond donors (Lipinski definition) is 1. The molecule has 0 spiro atoms. The van der Waals surface area contributed by atoms with Crippen molar-refractivity contribution in [3.8, 4) is 0 Å². The van der Waals surface area contributed by atoms with Gasteiger partial charge >= 0.3 is 0 Å². The molecule has 0 radical (unpaired) electrons. The highest BCUT2D eigenvalue weighted by molar-refractivity contribution is 5.84. The van der Waals surface area contributed by atoms with Crippen molar-refractivity contribution in [2.45, 2.75) is 13.8 Å². The van der Waals surface area contributed by atoms with E-state index in [1.54, 1.807) is 0 Å². The van der Waals surface area contributed by atoms with Gasteiger partial charge < -0.3 is 5.21 Å². The predicted octanol–water partition coefficient (Wildman–Crippen LogP) is -0.605. The zero-order valence-corrected chi connectivity index (χ0v) is 5.14. The van der Waals surface area contributed by atoms with Gasteiger partial charge in [0.05, 0.1) is 11.6 Å². The monoisotopic (exact) mass is 114 g/mol. The summed E-state index contributed by atoms with van der Waals surface area (Å²) >= 11 is 0. The quantitative estimate of drug-likeness (QED) is 0.419.